The van der Waals surface area contributed by atoms with E-state index in [4.69, 9.17) is 16.6 Å². The summed E-state index contributed by atoms with van der Waals surface area (Å²) >= 11 is 0.847. The number of aromatic carboxylic acids is 1. The van der Waals surface area contributed by atoms with Crippen LogP contribution < -0.4 is 21.5 Å². The molecule has 1 heterocycles. The van der Waals surface area contributed by atoms with Crippen molar-refractivity contribution in [3.63, 3.8) is 0 Å². The predicted octanol–water partition coefficient (Wildman–Crippen LogP) is 0.243. The quantitative estimate of drug-likeness (QED) is 0.315. The van der Waals surface area contributed by atoms with E-state index in [0.29, 0.717) is 5.69 Å². The zero-order valence-corrected chi connectivity index (χ0v) is 15.5. The van der Waals surface area contributed by atoms with Crippen LogP contribution in [-0.4, -0.2) is 42.4 Å². The average Bonchev–Trinajstić information content (AvgIpc) is 3.02. The molecule has 0 aliphatic carbocycles. The molecule has 0 unspecified atom stereocenters. The number of nitrogens with two attached hydrogens (primary N) is 2. The summed E-state index contributed by atoms with van der Waals surface area (Å²) < 4.78 is 26.9. The highest BCUT2D eigenvalue weighted by atomic mass is 32.2. The number of rotatable bonds is 7. The Morgan fingerprint density at radius 2 is 1.89 bits per heavy atom. The molecule has 11 nitrogen and oxygen atoms in total. The zero-order valence-electron chi connectivity index (χ0n) is 13.9. The smallest absolute Gasteiger partial charge is 0.357 e. The summed E-state index contributed by atoms with van der Waals surface area (Å²) in [5, 5.41) is 11.4. The second-order valence-electron chi connectivity index (χ2n) is 5.18. The molecule has 0 spiro atoms. The maximum atomic E-state index is 12.4. The van der Waals surface area contributed by atoms with Gasteiger partial charge in [0.25, 0.3) is 10.0 Å². The van der Waals surface area contributed by atoms with Crippen LogP contribution >= 0.6 is 11.3 Å². The Balaban J connectivity index is 2.14. The predicted molar refractivity (Wildman–Crippen MR) is 100 cm³/mol. The lowest BCUT2D eigenvalue weighted by atomic mass is 10.3. The highest BCUT2D eigenvalue weighted by Crippen LogP contribution is 2.24. The summed E-state index contributed by atoms with van der Waals surface area (Å²) in [5.41, 5.74) is 11.6. The summed E-state index contributed by atoms with van der Waals surface area (Å²) in [6.07, 6.45) is 0. The number of carboxylic acid groups (broad SMARTS) is 1. The molecule has 7 N–H and O–H groups in total. The summed E-state index contributed by atoms with van der Waals surface area (Å²) in [6, 6.07) is 4.44. The van der Waals surface area contributed by atoms with Gasteiger partial charge in [0.1, 0.15) is 11.0 Å². The summed E-state index contributed by atoms with van der Waals surface area (Å²) in [7, 11) is -4.03. The molecule has 144 valence electrons. The van der Waals surface area contributed by atoms with Crippen molar-refractivity contribution in [2.24, 2.45) is 16.5 Å². The number of amides is 1. The van der Waals surface area contributed by atoms with Gasteiger partial charge in [-0.05, 0) is 31.2 Å². The molecular formula is C14H16N6O5S2. The SMILES string of the molecule is C[C@@H](N=C(N)N)C(=O)Nc1ccc(S(=O)(=O)Nc2scnc2C(=O)O)cc1. The van der Waals surface area contributed by atoms with Crippen molar-refractivity contribution < 1.29 is 23.1 Å². The van der Waals surface area contributed by atoms with Gasteiger partial charge in [0.2, 0.25) is 5.91 Å². The molecule has 0 saturated heterocycles. The first-order valence-corrected chi connectivity index (χ1v) is 9.65. The lowest BCUT2D eigenvalue weighted by molar-refractivity contribution is -0.117. The van der Waals surface area contributed by atoms with Gasteiger partial charge in [0.05, 0.1) is 10.4 Å². The minimum atomic E-state index is -4.03. The molecule has 0 aliphatic rings. The third-order valence-electron chi connectivity index (χ3n) is 3.15. The Morgan fingerprint density at radius 3 is 2.44 bits per heavy atom. The number of anilines is 2. The van der Waals surface area contributed by atoms with E-state index >= 15 is 0 Å². The monoisotopic (exact) mass is 412 g/mol. The van der Waals surface area contributed by atoms with Gasteiger partial charge in [-0.25, -0.2) is 23.2 Å². The summed E-state index contributed by atoms with van der Waals surface area (Å²) in [6.45, 7) is 1.49. The highest BCUT2D eigenvalue weighted by Gasteiger charge is 2.21. The minimum Gasteiger partial charge on any atom is -0.476 e. The van der Waals surface area contributed by atoms with Crippen molar-refractivity contribution in [2.75, 3.05) is 10.0 Å². The van der Waals surface area contributed by atoms with Crippen molar-refractivity contribution in [3.05, 3.63) is 35.5 Å². The Labute approximate surface area is 158 Å². The van der Waals surface area contributed by atoms with Crippen LogP contribution in [0.25, 0.3) is 0 Å². The Bertz CT molecular complexity index is 980. The fourth-order valence-corrected chi connectivity index (χ4v) is 3.89. The fourth-order valence-electron chi connectivity index (χ4n) is 1.90. The van der Waals surface area contributed by atoms with Gasteiger partial charge in [-0.2, -0.15) is 0 Å². The van der Waals surface area contributed by atoms with Crippen LogP contribution in [0.2, 0.25) is 0 Å². The van der Waals surface area contributed by atoms with Crippen LogP contribution in [0.4, 0.5) is 10.7 Å². The number of guanidine groups is 1. The largest absolute Gasteiger partial charge is 0.476 e. The fraction of sp³-hybridized carbons (Fsp3) is 0.143. The second kappa shape index (κ2) is 8.01. The molecule has 0 bridgehead atoms. The van der Waals surface area contributed by atoms with E-state index in [9.17, 15) is 18.0 Å². The molecule has 0 fully saturated rings. The molecule has 13 heteroatoms. The van der Waals surface area contributed by atoms with Crippen LogP contribution in [0.1, 0.15) is 17.4 Å². The first kappa shape index (κ1) is 20.1. The molecule has 27 heavy (non-hydrogen) atoms. The number of hydrogen-bond donors (Lipinski definition) is 5. The first-order valence-electron chi connectivity index (χ1n) is 7.29. The molecule has 2 aromatic rings. The van der Waals surface area contributed by atoms with E-state index in [2.05, 4.69) is 20.0 Å². The summed E-state index contributed by atoms with van der Waals surface area (Å²) in [5.74, 6) is -2.05. The molecular weight excluding hydrogens is 396 g/mol. The van der Waals surface area contributed by atoms with Crippen molar-refractivity contribution in [2.45, 2.75) is 17.9 Å². The number of aliphatic imine (C=N–C) groups is 1. The number of carbonyl (C=O) groups is 2. The lowest BCUT2D eigenvalue weighted by Crippen LogP contribution is -2.30. The van der Waals surface area contributed by atoms with E-state index in [1.165, 1.54) is 36.7 Å². The minimum absolute atomic E-state index is 0.106. The standard InChI is InChI=1S/C14H16N6O5S2/c1-7(18-14(15)16)11(21)19-8-2-4-9(5-3-8)27(24,25)20-12-10(13(22)23)17-6-26-12/h2-7,20H,1H3,(H,19,21)(H,22,23)(H4,15,16,18)/t7-/m1/s1. The van der Waals surface area contributed by atoms with E-state index < -0.39 is 27.9 Å². The Hall–Kier alpha value is -3.19. The lowest BCUT2D eigenvalue weighted by Gasteiger charge is -2.10. The molecule has 0 radical (unpaired) electrons. The highest BCUT2D eigenvalue weighted by molar-refractivity contribution is 7.93. The van der Waals surface area contributed by atoms with Gasteiger partial charge in [0, 0.05) is 5.69 Å². The summed E-state index contributed by atoms with van der Waals surface area (Å²) in [4.78, 5) is 30.1. The second-order valence-corrected chi connectivity index (χ2v) is 7.72. The maximum absolute atomic E-state index is 12.4. The Morgan fingerprint density at radius 1 is 1.26 bits per heavy atom. The van der Waals surface area contributed by atoms with Crippen LogP contribution in [0.15, 0.2) is 39.7 Å². The van der Waals surface area contributed by atoms with Crippen LogP contribution in [0, 0.1) is 0 Å². The van der Waals surface area contributed by atoms with Crippen molar-refractivity contribution >= 4 is 49.9 Å². The first-order chi connectivity index (χ1) is 12.6. The third-order valence-corrected chi connectivity index (χ3v) is 5.39. The van der Waals surface area contributed by atoms with E-state index in [0.717, 1.165) is 11.3 Å². The molecule has 1 atom stereocenters. The van der Waals surface area contributed by atoms with Crippen molar-refractivity contribution in [1.29, 1.82) is 0 Å². The molecule has 1 aromatic carbocycles. The van der Waals surface area contributed by atoms with Gasteiger partial charge in [-0.1, -0.05) is 0 Å². The maximum Gasteiger partial charge on any atom is 0.357 e. The number of hydrogen-bond acceptors (Lipinski definition) is 7. The van der Waals surface area contributed by atoms with Gasteiger partial charge in [0.15, 0.2) is 11.7 Å². The van der Waals surface area contributed by atoms with E-state index in [-0.39, 0.29) is 21.6 Å². The molecule has 1 aromatic heterocycles. The van der Waals surface area contributed by atoms with Gasteiger partial charge in [-0.3, -0.25) is 9.52 Å². The number of carboxylic acids is 1. The number of aromatic nitrogens is 1. The van der Waals surface area contributed by atoms with Crippen molar-refractivity contribution in [1.82, 2.24) is 4.98 Å². The van der Waals surface area contributed by atoms with Crippen LogP contribution in [0.3, 0.4) is 0 Å². The third kappa shape index (κ3) is 5.15. The molecule has 0 aliphatic heterocycles. The number of nitrogens with one attached hydrogen (secondary N) is 2. The normalized spacial score (nSPS) is 12.0. The van der Waals surface area contributed by atoms with Crippen LogP contribution in [-0.2, 0) is 14.8 Å². The molecule has 1 amide bonds. The van der Waals surface area contributed by atoms with Gasteiger partial charge in [-0.15, -0.1) is 11.3 Å². The van der Waals surface area contributed by atoms with Gasteiger partial charge < -0.3 is 21.9 Å². The van der Waals surface area contributed by atoms with E-state index in [1.807, 2.05) is 0 Å². The topological polar surface area (TPSA) is 190 Å². The number of benzene rings is 1. The number of nitrogens with zero attached hydrogens (tertiary/aromatic N) is 2. The molecule has 0 saturated carbocycles. The van der Waals surface area contributed by atoms with Gasteiger partial charge >= 0.3 is 5.97 Å². The number of carbonyl (C=O) groups excluding carboxylic acids is 1. The van der Waals surface area contributed by atoms with Crippen LogP contribution in [0.5, 0.6) is 0 Å². The average molecular weight is 412 g/mol. The number of sulfonamides is 1. The number of thiazole rings is 1. The van der Waals surface area contributed by atoms with Crippen molar-refractivity contribution in [3.8, 4) is 0 Å². The zero-order chi connectivity index (χ0) is 20.2. The Kier molecular flexibility index (Phi) is 5.97. The van der Waals surface area contributed by atoms with E-state index in [1.54, 1.807) is 0 Å². The molecule has 2 rings (SSSR count).